The number of hydrogen-bond donors (Lipinski definition) is 1. The molecule has 2 atom stereocenters. The van der Waals surface area contributed by atoms with E-state index in [-0.39, 0.29) is 29.9 Å². The predicted molar refractivity (Wildman–Crippen MR) is 102 cm³/mol. The molecule has 0 unspecified atom stereocenters. The van der Waals surface area contributed by atoms with Crippen LogP contribution in [0.15, 0.2) is 53.1 Å². The Morgan fingerprint density at radius 2 is 1.84 bits per heavy atom. The van der Waals surface area contributed by atoms with Crippen LogP contribution in [-0.4, -0.2) is 45.1 Å². The highest BCUT2D eigenvalue weighted by Crippen LogP contribution is 2.34. The predicted octanol–water partition coefficient (Wildman–Crippen LogP) is 4.24. The van der Waals surface area contributed by atoms with Gasteiger partial charge in [-0.05, 0) is 55.0 Å². The van der Waals surface area contributed by atoms with Crippen molar-refractivity contribution in [3.63, 3.8) is 0 Å². The number of aliphatic hydroxyl groups excluding tert-OH is 1. The maximum atomic E-state index is 12.9. The number of aliphatic hydroxyl groups is 1. The molecule has 7 nitrogen and oxygen atoms in total. The lowest BCUT2D eigenvalue weighted by Gasteiger charge is -2.23. The molecule has 0 aliphatic carbocycles. The van der Waals surface area contributed by atoms with E-state index in [9.17, 15) is 23.1 Å². The number of carbonyl (C=O) groups excluding carboxylic acids is 1. The van der Waals surface area contributed by atoms with Crippen molar-refractivity contribution < 1.29 is 32.3 Å². The van der Waals surface area contributed by atoms with Crippen LogP contribution in [-0.2, 0) is 0 Å². The van der Waals surface area contributed by atoms with Crippen LogP contribution in [0.4, 0.5) is 13.2 Å². The molecular weight excluding hydrogens is 439 g/mol. The van der Waals surface area contributed by atoms with Gasteiger partial charge in [-0.15, -0.1) is 13.2 Å². The summed E-state index contributed by atoms with van der Waals surface area (Å²) < 4.78 is 46.0. The number of alkyl halides is 3. The molecule has 2 heterocycles. The van der Waals surface area contributed by atoms with E-state index in [1.54, 1.807) is 24.3 Å². The van der Waals surface area contributed by atoms with E-state index >= 15 is 0 Å². The molecule has 1 saturated heterocycles. The molecule has 0 spiro atoms. The third kappa shape index (κ3) is 4.64. The maximum Gasteiger partial charge on any atom is 0.573 e. The van der Waals surface area contributed by atoms with Crippen molar-refractivity contribution in [2.45, 2.75) is 24.9 Å². The number of amides is 1. The topological polar surface area (TPSA) is 88.7 Å². The van der Waals surface area contributed by atoms with Gasteiger partial charge in [0.25, 0.3) is 11.8 Å². The van der Waals surface area contributed by atoms with Gasteiger partial charge in [0.05, 0.1) is 6.10 Å². The Morgan fingerprint density at radius 1 is 1.16 bits per heavy atom. The van der Waals surface area contributed by atoms with Gasteiger partial charge in [0.1, 0.15) is 11.8 Å². The lowest BCUT2D eigenvalue weighted by atomic mass is 10.1. The minimum absolute atomic E-state index is 0.0259. The van der Waals surface area contributed by atoms with Gasteiger partial charge >= 0.3 is 6.36 Å². The van der Waals surface area contributed by atoms with Crippen LogP contribution < -0.4 is 4.74 Å². The molecule has 0 saturated carbocycles. The van der Waals surface area contributed by atoms with Crippen LogP contribution in [0.1, 0.15) is 28.7 Å². The Bertz CT molecular complexity index is 1070. The molecule has 1 aliphatic rings. The van der Waals surface area contributed by atoms with Gasteiger partial charge in [0, 0.05) is 22.7 Å². The van der Waals surface area contributed by atoms with E-state index in [4.69, 9.17) is 16.1 Å². The molecule has 0 bridgehead atoms. The number of halogens is 4. The second-order valence-corrected chi connectivity index (χ2v) is 7.27. The number of ether oxygens (including phenoxy) is 1. The number of hydrogen-bond acceptors (Lipinski definition) is 6. The zero-order valence-electron chi connectivity index (χ0n) is 15.7. The molecule has 31 heavy (non-hydrogen) atoms. The van der Waals surface area contributed by atoms with Gasteiger partial charge in [0.15, 0.2) is 0 Å². The first kappa shape index (κ1) is 21.1. The van der Waals surface area contributed by atoms with E-state index in [0.717, 1.165) is 12.1 Å². The maximum absolute atomic E-state index is 12.9. The van der Waals surface area contributed by atoms with Crippen LogP contribution in [0.5, 0.6) is 5.75 Å². The van der Waals surface area contributed by atoms with Crippen LogP contribution in [0, 0.1) is 0 Å². The minimum Gasteiger partial charge on any atom is -0.406 e. The molecule has 4 rings (SSSR count). The first-order valence-corrected chi connectivity index (χ1v) is 9.53. The van der Waals surface area contributed by atoms with Crippen molar-refractivity contribution in [2.24, 2.45) is 0 Å². The van der Waals surface area contributed by atoms with Gasteiger partial charge in [-0.25, -0.2) is 0 Å². The van der Waals surface area contributed by atoms with Crippen molar-refractivity contribution in [1.82, 2.24) is 15.0 Å². The first-order chi connectivity index (χ1) is 14.7. The number of rotatable bonds is 4. The molecule has 2 aromatic carbocycles. The average molecular weight is 454 g/mol. The molecule has 1 fully saturated rings. The lowest BCUT2D eigenvalue weighted by molar-refractivity contribution is -0.274. The number of nitrogens with zero attached hydrogens (tertiary/aromatic N) is 3. The molecule has 1 aliphatic heterocycles. The number of aromatic nitrogens is 2. The first-order valence-electron chi connectivity index (χ1n) is 9.16. The fraction of sp³-hybridized carbons (Fsp3) is 0.250. The molecular formula is C20H15ClF3N3O4. The van der Waals surface area contributed by atoms with E-state index in [2.05, 4.69) is 14.9 Å². The van der Waals surface area contributed by atoms with Crippen molar-refractivity contribution in [2.75, 3.05) is 6.54 Å². The van der Waals surface area contributed by atoms with Crippen LogP contribution >= 0.6 is 11.6 Å². The van der Waals surface area contributed by atoms with E-state index < -0.39 is 18.5 Å². The van der Waals surface area contributed by atoms with Gasteiger partial charge < -0.3 is 19.3 Å². The summed E-state index contributed by atoms with van der Waals surface area (Å²) in [4.78, 5) is 18.6. The third-order valence-corrected chi connectivity index (χ3v) is 5.01. The highest BCUT2D eigenvalue weighted by molar-refractivity contribution is 6.30. The number of benzene rings is 2. The summed E-state index contributed by atoms with van der Waals surface area (Å²) in [5.74, 6) is -0.581. The summed E-state index contributed by atoms with van der Waals surface area (Å²) in [6.45, 7) is 0.286. The molecule has 1 N–H and O–H groups in total. The molecule has 1 amide bonds. The summed E-state index contributed by atoms with van der Waals surface area (Å²) in [5.41, 5.74) is 0.774. The molecule has 3 aromatic rings. The largest absolute Gasteiger partial charge is 0.573 e. The Labute approximate surface area is 179 Å². The van der Waals surface area contributed by atoms with E-state index in [1.807, 2.05) is 0 Å². The van der Waals surface area contributed by atoms with Crippen LogP contribution in [0.25, 0.3) is 11.4 Å². The summed E-state index contributed by atoms with van der Waals surface area (Å²) in [7, 11) is 0. The summed E-state index contributed by atoms with van der Waals surface area (Å²) in [5, 5.41) is 14.7. The fourth-order valence-corrected chi connectivity index (χ4v) is 3.46. The third-order valence-electron chi connectivity index (χ3n) is 4.76. The van der Waals surface area contributed by atoms with Gasteiger partial charge in [0.2, 0.25) is 5.82 Å². The highest BCUT2D eigenvalue weighted by atomic mass is 35.5. The standard InChI is InChI=1S/C20H15ClF3N3O4/c21-13-5-1-12(2-6-13)19(29)27-10-9-15(28)16(27)18-25-17(26-31-18)11-3-7-14(8-4-11)30-20(22,23)24/h1-8,15-16,28H,9-10H2/t15-,16-/m0/s1. The Hall–Kier alpha value is -3.11. The van der Waals surface area contributed by atoms with Gasteiger partial charge in [-0.3, -0.25) is 4.79 Å². The summed E-state index contributed by atoms with van der Waals surface area (Å²) >= 11 is 5.86. The zero-order chi connectivity index (χ0) is 22.2. The van der Waals surface area contributed by atoms with Crippen LogP contribution in [0.2, 0.25) is 5.02 Å². The van der Waals surface area contributed by atoms with Crippen molar-refractivity contribution in [3.8, 4) is 17.1 Å². The minimum atomic E-state index is -4.79. The second-order valence-electron chi connectivity index (χ2n) is 6.83. The van der Waals surface area contributed by atoms with Crippen molar-refractivity contribution in [3.05, 3.63) is 65.0 Å². The molecule has 0 radical (unpaired) electrons. The zero-order valence-corrected chi connectivity index (χ0v) is 16.5. The Balaban J connectivity index is 1.55. The lowest BCUT2D eigenvalue weighted by Crippen LogP contribution is -2.33. The van der Waals surface area contributed by atoms with E-state index in [0.29, 0.717) is 22.6 Å². The van der Waals surface area contributed by atoms with E-state index in [1.165, 1.54) is 17.0 Å². The molecule has 11 heteroatoms. The SMILES string of the molecule is O=C(c1ccc(Cl)cc1)N1CC[C@H](O)[C@H]1c1nc(-c2ccc(OC(F)(F)F)cc2)no1. The van der Waals surface area contributed by atoms with Gasteiger partial charge in [-0.2, -0.15) is 4.98 Å². The Kier molecular flexibility index (Phi) is 5.59. The second kappa shape index (κ2) is 8.20. The highest BCUT2D eigenvalue weighted by Gasteiger charge is 2.41. The van der Waals surface area contributed by atoms with Crippen molar-refractivity contribution in [1.29, 1.82) is 0 Å². The van der Waals surface area contributed by atoms with Crippen molar-refractivity contribution >= 4 is 17.5 Å². The molecule has 1 aromatic heterocycles. The number of carbonyl (C=O) groups is 1. The number of likely N-dealkylation sites (tertiary alicyclic amines) is 1. The summed E-state index contributed by atoms with van der Waals surface area (Å²) in [6.07, 6.45) is -5.38. The summed E-state index contributed by atoms with van der Waals surface area (Å²) in [6, 6.07) is 10.4. The smallest absolute Gasteiger partial charge is 0.406 e. The Morgan fingerprint density at radius 3 is 2.48 bits per heavy atom. The van der Waals surface area contributed by atoms with Gasteiger partial charge in [-0.1, -0.05) is 16.8 Å². The molecule has 162 valence electrons. The monoisotopic (exact) mass is 453 g/mol. The van der Waals surface area contributed by atoms with Crippen LogP contribution in [0.3, 0.4) is 0 Å². The normalized spacial score (nSPS) is 18.9. The average Bonchev–Trinajstić information content (AvgIpc) is 3.34. The fourth-order valence-electron chi connectivity index (χ4n) is 3.34. The quantitative estimate of drug-likeness (QED) is 0.635.